The van der Waals surface area contributed by atoms with Crippen molar-refractivity contribution in [2.45, 2.75) is 50.3 Å². The molecule has 19 heavy (non-hydrogen) atoms. The number of ether oxygens (including phenoxy) is 1. The maximum atomic E-state index is 12.3. The van der Waals surface area contributed by atoms with Crippen LogP contribution >= 0.6 is 11.8 Å². The highest BCUT2D eigenvalue weighted by atomic mass is 32.2. The molecule has 2 aliphatic rings. The van der Waals surface area contributed by atoms with E-state index < -0.39 is 12.0 Å². The fraction of sp³-hybridized carbons (Fsp3) is 0.833. The molecule has 2 aliphatic heterocycles. The molecule has 7 heteroatoms. The molecule has 2 rings (SSSR count). The number of carbonyl (C=O) groups is 2. The Bertz CT molecular complexity index is 366. The second-order valence-electron chi connectivity index (χ2n) is 4.88. The van der Waals surface area contributed by atoms with E-state index in [2.05, 4.69) is 5.32 Å². The van der Waals surface area contributed by atoms with E-state index in [-0.39, 0.29) is 23.6 Å². The summed E-state index contributed by atoms with van der Waals surface area (Å²) in [5.41, 5.74) is 0. The standard InChI is InChI=1S/C12H20N2O4S/c1-3-10-14(9(6-19-10)11(15)16)12(17)13-8-4-5-18-7(8)2/h7-10H,3-6H2,1-2H3,(H,13,17)(H,15,16). The molecule has 2 heterocycles. The van der Waals surface area contributed by atoms with Crippen molar-refractivity contribution in [1.82, 2.24) is 10.2 Å². The van der Waals surface area contributed by atoms with Gasteiger partial charge in [-0.15, -0.1) is 11.8 Å². The van der Waals surface area contributed by atoms with Crippen LogP contribution in [0.4, 0.5) is 4.79 Å². The molecule has 2 N–H and O–H groups in total. The minimum Gasteiger partial charge on any atom is -0.480 e. The van der Waals surface area contributed by atoms with E-state index in [0.717, 1.165) is 12.8 Å². The third kappa shape index (κ3) is 2.97. The predicted molar refractivity (Wildman–Crippen MR) is 72.2 cm³/mol. The Morgan fingerprint density at radius 1 is 1.53 bits per heavy atom. The molecule has 0 bridgehead atoms. The van der Waals surface area contributed by atoms with Crippen LogP contribution in [0.3, 0.4) is 0 Å². The van der Waals surface area contributed by atoms with Gasteiger partial charge in [0.1, 0.15) is 6.04 Å². The maximum Gasteiger partial charge on any atom is 0.327 e. The SMILES string of the molecule is CCC1SCC(C(=O)O)N1C(=O)NC1CCOC1C. The minimum atomic E-state index is -0.936. The van der Waals surface area contributed by atoms with Gasteiger partial charge in [-0.3, -0.25) is 4.90 Å². The van der Waals surface area contributed by atoms with Gasteiger partial charge in [-0.25, -0.2) is 9.59 Å². The first-order valence-corrected chi connectivity index (χ1v) is 7.64. The molecule has 6 nitrogen and oxygen atoms in total. The predicted octanol–water partition coefficient (Wildman–Crippen LogP) is 1.11. The summed E-state index contributed by atoms with van der Waals surface area (Å²) in [7, 11) is 0. The topological polar surface area (TPSA) is 78.9 Å². The quantitative estimate of drug-likeness (QED) is 0.813. The van der Waals surface area contributed by atoms with Crippen molar-refractivity contribution in [3.05, 3.63) is 0 Å². The number of urea groups is 1. The molecule has 4 unspecified atom stereocenters. The van der Waals surface area contributed by atoms with Crippen LogP contribution in [-0.2, 0) is 9.53 Å². The zero-order valence-electron chi connectivity index (χ0n) is 11.2. The van der Waals surface area contributed by atoms with E-state index in [1.54, 1.807) is 0 Å². The average Bonchev–Trinajstić information content (AvgIpc) is 2.95. The summed E-state index contributed by atoms with van der Waals surface area (Å²) in [6, 6.07) is -1.04. The molecule has 2 saturated heterocycles. The highest BCUT2D eigenvalue weighted by Gasteiger charge is 2.42. The normalized spacial score (nSPS) is 34.5. The van der Waals surface area contributed by atoms with Crippen molar-refractivity contribution in [1.29, 1.82) is 0 Å². The largest absolute Gasteiger partial charge is 0.480 e. The van der Waals surface area contributed by atoms with Crippen LogP contribution in [0.1, 0.15) is 26.7 Å². The maximum absolute atomic E-state index is 12.3. The number of thioether (sulfide) groups is 1. The lowest BCUT2D eigenvalue weighted by molar-refractivity contribution is -0.141. The molecule has 0 saturated carbocycles. The number of carboxylic acids is 1. The zero-order valence-corrected chi connectivity index (χ0v) is 12.0. The summed E-state index contributed by atoms with van der Waals surface area (Å²) >= 11 is 1.53. The Morgan fingerprint density at radius 3 is 2.79 bits per heavy atom. The Labute approximate surface area is 116 Å². The summed E-state index contributed by atoms with van der Waals surface area (Å²) in [4.78, 5) is 25.0. The van der Waals surface area contributed by atoms with Gasteiger partial charge in [-0.05, 0) is 19.8 Å². The highest BCUT2D eigenvalue weighted by molar-refractivity contribution is 8.00. The smallest absolute Gasteiger partial charge is 0.327 e. The first kappa shape index (κ1) is 14.5. The van der Waals surface area contributed by atoms with E-state index in [0.29, 0.717) is 12.4 Å². The van der Waals surface area contributed by atoms with E-state index in [1.807, 2.05) is 13.8 Å². The second kappa shape index (κ2) is 6.00. The van der Waals surface area contributed by atoms with Gasteiger partial charge in [0, 0.05) is 12.4 Å². The van der Waals surface area contributed by atoms with Gasteiger partial charge in [0.15, 0.2) is 0 Å². The first-order valence-electron chi connectivity index (χ1n) is 6.59. The van der Waals surface area contributed by atoms with Crippen LogP contribution in [-0.4, -0.2) is 57.9 Å². The molecule has 0 aromatic carbocycles. The molecule has 108 valence electrons. The lowest BCUT2D eigenvalue weighted by Crippen LogP contribution is -2.53. The molecule has 0 spiro atoms. The van der Waals surface area contributed by atoms with E-state index in [4.69, 9.17) is 4.74 Å². The van der Waals surface area contributed by atoms with Gasteiger partial charge in [-0.2, -0.15) is 0 Å². The van der Waals surface area contributed by atoms with Gasteiger partial charge in [0.2, 0.25) is 0 Å². The lowest BCUT2D eigenvalue weighted by atomic mass is 10.1. The summed E-state index contributed by atoms with van der Waals surface area (Å²) < 4.78 is 5.40. The van der Waals surface area contributed by atoms with Gasteiger partial charge in [0.25, 0.3) is 0 Å². The molecule has 4 atom stereocenters. The van der Waals surface area contributed by atoms with Gasteiger partial charge in [-0.1, -0.05) is 6.92 Å². The third-order valence-corrected chi connectivity index (χ3v) is 5.10. The molecule has 0 aromatic rings. The van der Waals surface area contributed by atoms with Crippen LogP contribution in [0.5, 0.6) is 0 Å². The second-order valence-corrected chi connectivity index (χ2v) is 6.09. The summed E-state index contributed by atoms with van der Waals surface area (Å²) in [5, 5.41) is 12.0. The van der Waals surface area contributed by atoms with E-state index in [9.17, 15) is 14.7 Å². The Balaban J connectivity index is 2.03. The lowest BCUT2D eigenvalue weighted by Gasteiger charge is -2.29. The van der Waals surface area contributed by atoms with Gasteiger partial charge in [0.05, 0.1) is 17.5 Å². The number of amides is 2. The van der Waals surface area contributed by atoms with Gasteiger partial charge >= 0.3 is 12.0 Å². The average molecular weight is 288 g/mol. The van der Waals surface area contributed by atoms with Crippen molar-refractivity contribution in [3.8, 4) is 0 Å². The number of nitrogens with one attached hydrogen (secondary N) is 1. The van der Waals surface area contributed by atoms with Crippen LogP contribution in [0.25, 0.3) is 0 Å². The number of rotatable bonds is 3. The van der Waals surface area contributed by atoms with E-state index >= 15 is 0 Å². The molecule has 0 aliphatic carbocycles. The Hall–Kier alpha value is -0.950. The van der Waals surface area contributed by atoms with Crippen molar-refractivity contribution < 1.29 is 19.4 Å². The number of aliphatic carboxylic acids is 1. The minimum absolute atomic E-state index is 0.0115. The summed E-state index contributed by atoms with van der Waals surface area (Å²) in [5.74, 6) is -0.479. The monoisotopic (exact) mass is 288 g/mol. The fourth-order valence-electron chi connectivity index (χ4n) is 2.50. The molecular weight excluding hydrogens is 268 g/mol. The summed E-state index contributed by atoms with van der Waals surface area (Å²) in [6.07, 6.45) is 1.52. The molecular formula is C12H20N2O4S. The first-order chi connectivity index (χ1) is 9.04. The summed E-state index contributed by atoms with van der Waals surface area (Å²) in [6.45, 7) is 4.52. The van der Waals surface area contributed by atoms with Crippen LogP contribution < -0.4 is 5.32 Å². The molecule has 0 aromatic heterocycles. The number of carbonyl (C=O) groups excluding carboxylic acids is 1. The van der Waals surface area contributed by atoms with Crippen molar-refractivity contribution in [3.63, 3.8) is 0 Å². The molecule has 2 fully saturated rings. The number of carboxylic acid groups (broad SMARTS) is 1. The van der Waals surface area contributed by atoms with Crippen molar-refractivity contribution in [2.24, 2.45) is 0 Å². The Morgan fingerprint density at radius 2 is 2.26 bits per heavy atom. The zero-order chi connectivity index (χ0) is 14.0. The fourth-order valence-corrected chi connectivity index (χ4v) is 3.84. The van der Waals surface area contributed by atoms with Crippen LogP contribution in [0.2, 0.25) is 0 Å². The van der Waals surface area contributed by atoms with Crippen molar-refractivity contribution >= 4 is 23.8 Å². The Kier molecular flexibility index (Phi) is 4.57. The van der Waals surface area contributed by atoms with Crippen molar-refractivity contribution in [2.75, 3.05) is 12.4 Å². The number of hydrogen-bond donors (Lipinski definition) is 2. The highest BCUT2D eigenvalue weighted by Crippen LogP contribution is 2.31. The van der Waals surface area contributed by atoms with Crippen LogP contribution in [0.15, 0.2) is 0 Å². The third-order valence-electron chi connectivity index (χ3n) is 3.65. The molecule has 0 radical (unpaired) electrons. The van der Waals surface area contributed by atoms with Gasteiger partial charge < -0.3 is 15.2 Å². The molecule has 2 amide bonds. The van der Waals surface area contributed by atoms with Crippen LogP contribution in [0, 0.1) is 0 Å². The number of nitrogens with zero attached hydrogens (tertiary/aromatic N) is 1. The number of hydrogen-bond acceptors (Lipinski definition) is 4. The van der Waals surface area contributed by atoms with E-state index in [1.165, 1.54) is 16.7 Å².